The molecule has 0 aliphatic carbocycles. The Hall–Kier alpha value is -0.484. The molecular formula is C5H4CoO. The molecule has 0 bridgehead atoms. The van der Waals surface area contributed by atoms with Crippen molar-refractivity contribution >= 4 is 5.94 Å². The van der Waals surface area contributed by atoms with Crippen molar-refractivity contribution < 1.29 is 21.6 Å². The number of carbonyl (C=O) groups excluding carboxylic acids is 1. The quantitative estimate of drug-likeness (QED) is 0.350. The third kappa shape index (κ3) is 10.8. The smallest absolute Gasteiger partial charge is 0.133 e. The Kier molecular flexibility index (Phi) is 12.6. The van der Waals surface area contributed by atoms with Crippen LogP contribution in [0.1, 0.15) is 6.92 Å². The van der Waals surface area contributed by atoms with E-state index in [4.69, 9.17) is 0 Å². The van der Waals surface area contributed by atoms with E-state index >= 15 is 0 Å². The monoisotopic (exact) mass is 139 g/mol. The first-order valence-electron chi connectivity index (χ1n) is 1.53. The van der Waals surface area contributed by atoms with Crippen LogP contribution in [0.3, 0.4) is 0 Å². The van der Waals surface area contributed by atoms with Crippen LogP contribution in [0.2, 0.25) is 0 Å². The van der Waals surface area contributed by atoms with E-state index in [2.05, 4.69) is 11.8 Å². The van der Waals surface area contributed by atoms with Crippen LogP contribution < -0.4 is 0 Å². The van der Waals surface area contributed by atoms with Crippen molar-refractivity contribution in [1.29, 1.82) is 0 Å². The van der Waals surface area contributed by atoms with Crippen LogP contribution in [-0.2, 0) is 21.6 Å². The SMILES string of the molecule is CC#CC=C=O.[Co]. The van der Waals surface area contributed by atoms with Crippen LogP contribution >= 0.6 is 0 Å². The van der Waals surface area contributed by atoms with Gasteiger partial charge in [0.15, 0.2) is 0 Å². The van der Waals surface area contributed by atoms with E-state index in [0.29, 0.717) is 0 Å². The third-order valence-corrected chi connectivity index (χ3v) is 0.275. The predicted octanol–water partition coefficient (Wildman–Crippen LogP) is 0.395. The minimum Gasteiger partial charge on any atom is -0.233 e. The number of hydrogen-bond acceptors (Lipinski definition) is 1. The molecular weight excluding hydrogens is 135 g/mol. The molecule has 0 aliphatic rings. The summed E-state index contributed by atoms with van der Waals surface area (Å²) >= 11 is 0. The van der Waals surface area contributed by atoms with Crippen LogP contribution in [0.15, 0.2) is 6.08 Å². The Balaban J connectivity index is 0. The van der Waals surface area contributed by atoms with Gasteiger partial charge in [-0.2, -0.15) is 0 Å². The van der Waals surface area contributed by atoms with Gasteiger partial charge < -0.3 is 0 Å². The molecule has 0 aromatic heterocycles. The summed E-state index contributed by atoms with van der Waals surface area (Å²) < 4.78 is 0. The van der Waals surface area contributed by atoms with Crippen molar-refractivity contribution in [3.05, 3.63) is 6.08 Å². The van der Waals surface area contributed by atoms with Crippen molar-refractivity contribution in [2.45, 2.75) is 6.92 Å². The number of allylic oxidation sites excluding steroid dienone is 1. The van der Waals surface area contributed by atoms with Crippen molar-refractivity contribution in [3.63, 3.8) is 0 Å². The second-order valence-electron chi connectivity index (χ2n) is 0.657. The van der Waals surface area contributed by atoms with Crippen molar-refractivity contribution in [3.8, 4) is 11.8 Å². The van der Waals surface area contributed by atoms with E-state index < -0.39 is 0 Å². The molecule has 0 aromatic carbocycles. The summed E-state index contributed by atoms with van der Waals surface area (Å²) in [5.74, 6) is 6.42. The van der Waals surface area contributed by atoms with Crippen molar-refractivity contribution in [2.75, 3.05) is 0 Å². The Morgan fingerprint density at radius 3 is 2.29 bits per heavy atom. The molecule has 0 fully saturated rings. The standard InChI is InChI=1S/C5H4O.Co/c1-2-3-4-5-6;/h4H,1H3;. The number of hydrogen-bond donors (Lipinski definition) is 0. The average molecular weight is 139 g/mol. The van der Waals surface area contributed by atoms with Crippen LogP contribution in [-0.4, -0.2) is 5.94 Å². The van der Waals surface area contributed by atoms with Gasteiger partial charge in [0.05, 0.1) is 6.08 Å². The van der Waals surface area contributed by atoms with E-state index in [1.165, 1.54) is 5.94 Å². The molecule has 2 heteroatoms. The molecule has 1 nitrogen and oxygen atoms in total. The van der Waals surface area contributed by atoms with E-state index in [1.807, 2.05) is 0 Å². The first-order valence-corrected chi connectivity index (χ1v) is 1.53. The summed E-state index contributed by atoms with van der Waals surface area (Å²) in [6, 6.07) is 0. The zero-order valence-corrected chi connectivity index (χ0v) is 4.86. The molecule has 0 aromatic rings. The minimum atomic E-state index is 0. The summed E-state index contributed by atoms with van der Waals surface area (Å²) in [7, 11) is 0. The van der Waals surface area contributed by atoms with Gasteiger partial charge >= 0.3 is 0 Å². The Morgan fingerprint density at radius 2 is 2.14 bits per heavy atom. The van der Waals surface area contributed by atoms with E-state index in [1.54, 1.807) is 6.92 Å². The van der Waals surface area contributed by atoms with Crippen molar-refractivity contribution in [1.82, 2.24) is 0 Å². The van der Waals surface area contributed by atoms with Gasteiger partial charge in [0, 0.05) is 16.8 Å². The Morgan fingerprint density at radius 1 is 1.57 bits per heavy atom. The second kappa shape index (κ2) is 9.10. The molecule has 0 heterocycles. The molecule has 0 atom stereocenters. The average Bonchev–Trinajstić information content (AvgIpc) is 1.61. The van der Waals surface area contributed by atoms with Gasteiger partial charge in [0.25, 0.3) is 0 Å². The molecule has 0 unspecified atom stereocenters. The van der Waals surface area contributed by atoms with Gasteiger partial charge in [-0.3, -0.25) is 0 Å². The second-order valence-corrected chi connectivity index (χ2v) is 0.657. The molecule has 0 N–H and O–H groups in total. The third-order valence-electron chi connectivity index (χ3n) is 0.275. The molecule has 39 valence electrons. The minimum absolute atomic E-state index is 0. The molecule has 0 aliphatic heterocycles. The summed E-state index contributed by atoms with van der Waals surface area (Å²) in [6.45, 7) is 1.66. The van der Waals surface area contributed by atoms with E-state index in [0.717, 1.165) is 6.08 Å². The Bertz CT molecular complexity index is 123. The maximum absolute atomic E-state index is 9.28. The molecule has 1 radical (unpaired) electrons. The molecule has 0 saturated carbocycles. The van der Waals surface area contributed by atoms with Crippen molar-refractivity contribution in [2.24, 2.45) is 0 Å². The summed E-state index contributed by atoms with van der Waals surface area (Å²) in [6.07, 6.45) is 1.14. The van der Waals surface area contributed by atoms with Gasteiger partial charge in [-0.25, -0.2) is 4.79 Å². The number of rotatable bonds is 0. The van der Waals surface area contributed by atoms with E-state index in [-0.39, 0.29) is 16.8 Å². The van der Waals surface area contributed by atoms with Crippen LogP contribution in [0.25, 0.3) is 0 Å². The van der Waals surface area contributed by atoms with Crippen LogP contribution in [0.5, 0.6) is 0 Å². The fraction of sp³-hybridized carbons (Fsp3) is 0.200. The molecule has 0 spiro atoms. The van der Waals surface area contributed by atoms with E-state index in [9.17, 15) is 4.79 Å². The molecule has 0 amide bonds. The maximum atomic E-state index is 9.28. The predicted molar refractivity (Wildman–Crippen MR) is 23.7 cm³/mol. The normalized spacial score (nSPS) is 3.57. The van der Waals surface area contributed by atoms with Crippen LogP contribution in [0.4, 0.5) is 0 Å². The maximum Gasteiger partial charge on any atom is 0.133 e. The summed E-state index contributed by atoms with van der Waals surface area (Å²) in [5.41, 5.74) is 0. The molecule has 0 rings (SSSR count). The van der Waals surface area contributed by atoms with Gasteiger partial charge in [-0.1, -0.05) is 5.92 Å². The first kappa shape index (κ1) is 9.72. The summed E-state index contributed by atoms with van der Waals surface area (Å²) in [5, 5.41) is 0. The zero-order chi connectivity index (χ0) is 4.83. The first-order chi connectivity index (χ1) is 2.91. The van der Waals surface area contributed by atoms with Crippen LogP contribution in [0, 0.1) is 11.8 Å². The molecule has 7 heavy (non-hydrogen) atoms. The van der Waals surface area contributed by atoms with Gasteiger partial charge in [-0.15, -0.1) is 5.92 Å². The molecule has 0 saturated heterocycles. The fourth-order valence-corrected chi connectivity index (χ4v) is 0.102. The van der Waals surface area contributed by atoms with Gasteiger partial charge in [0.2, 0.25) is 0 Å². The topological polar surface area (TPSA) is 17.1 Å². The largest absolute Gasteiger partial charge is 0.233 e. The summed E-state index contributed by atoms with van der Waals surface area (Å²) in [4.78, 5) is 9.28. The van der Waals surface area contributed by atoms with Gasteiger partial charge in [-0.05, 0) is 6.92 Å². The van der Waals surface area contributed by atoms with Gasteiger partial charge in [0.1, 0.15) is 5.94 Å². The zero-order valence-electron chi connectivity index (χ0n) is 3.82. The fourth-order valence-electron chi connectivity index (χ4n) is 0.102. The Labute approximate surface area is 53.0 Å².